The van der Waals surface area contributed by atoms with Gasteiger partial charge in [-0.25, -0.2) is 4.79 Å². The Morgan fingerprint density at radius 2 is 1.06 bits per heavy atom. The monoisotopic (exact) mass is 487 g/mol. The lowest BCUT2D eigenvalue weighted by Crippen LogP contribution is -2.41. The average molecular weight is 488 g/mol. The summed E-state index contributed by atoms with van der Waals surface area (Å²) in [7, 11) is 0. The van der Waals surface area contributed by atoms with Crippen LogP contribution >= 0.6 is 0 Å². The van der Waals surface area contributed by atoms with Crippen molar-refractivity contribution in [3.05, 3.63) is 30.3 Å². The van der Waals surface area contributed by atoms with Gasteiger partial charge in [0.1, 0.15) is 0 Å². The highest BCUT2D eigenvalue weighted by Crippen LogP contribution is 2.14. The van der Waals surface area contributed by atoms with E-state index in [1.165, 1.54) is 96.3 Å². The summed E-state index contributed by atoms with van der Waals surface area (Å²) >= 11 is 0. The minimum Gasteiger partial charge on any atom is -0.323 e. The summed E-state index contributed by atoms with van der Waals surface area (Å²) < 4.78 is 0. The molecule has 35 heavy (non-hydrogen) atoms. The highest BCUT2D eigenvalue weighted by atomic mass is 16.2. The Balaban J connectivity index is 2.11. The number of nitrogens with zero attached hydrogens (tertiary/aromatic N) is 2. The van der Waals surface area contributed by atoms with Gasteiger partial charge in [-0.2, -0.15) is 0 Å². The van der Waals surface area contributed by atoms with Crippen molar-refractivity contribution >= 4 is 11.7 Å². The van der Waals surface area contributed by atoms with Gasteiger partial charge >= 0.3 is 6.03 Å². The Bertz CT molecular complexity index is 588. The second-order valence-electron chi connectivity index (χ2n) is 10.1. The van der Waals surface area contributed by atoms with Gasteiger partial charge in [0.05, 0.1) is 0 Å². The van der Waals surface area contributed by atoms with Gasteiger partial charge in [-0.1, -0.05) is 135 Å². The first-order valence-corrected chi connectivity index (χ1v) is 15.0. The molecule has 1 aromatic carbocycles. The largest absolute Gasteiger partial charge is 0.323 e. The zero-order chi connectivity index (χ0) is 25.4. The van der Waals surface area contributed by atoms with Crippen LogP contribution in [-0.2, 0) is 0 Å². The quantitative estimate of drug-likeness (QED) is 0.156. The zero-order valence-corrected chi connectivity index (χ0v) is 23.5. The van der Waals surface area contributed by atoms with Crippen LogP contribution in [-0.4, -0.2) is 48.6 Å². The van der Waals surface area contributed by atoms with Gasteiger partial charge in [-0.3, -0.25) is 0 Å². The van der Waals surface area contributed by atoms with Crippen molar-refractivity contribution in [2.45, 2.75) is 124 Å². The lowest BCUT2D eigenvalue weighted by atomic mass is 10.0. The smallest absolute Gasteiger partial charge is 0.321 e. The van der Waals surface area contributed by atoms with E-state index in [4.69, 9.17) is 0 Å². The maximum Gasteiger partial charge on any atom is 0.321 e. The molecule has 0 radical (unpaired) electrons. The molecular weight excluding hydrogens is 430 g/mol. The number of amides is 2. The number of hydrogen-bond acceptors (Lipinski definition) is 2. The molecule has 0 aliphatic rings. The highest BCUT2D eigenvalue weighted by Gasteiger charge is 2.14. The molecule has 0 fully saturated rings. The van der Waals surface area contributed by atoms with E-state index in [2.05, 4.69) is 31.0 Å². The van der Waals surface area contributed by atoms with Gasteiger partial charge in [-0.15, -0.1) is 0 Å². The fraction of sp³-hybridized carbons (Fsp3) is 0.774. The number of hydrogen-bond donors (Lipinski definition) is 1. The summed E-state index contributed by atoms with van der Waals surface area (Å²) in [5.41, 5.74) is 0.873. The highest BCUT2D eigenvalue weighted by molar-refractivity contribution is 5.89. The Labute approximate surface area is 218 Å². The number of benzene rings is 1. The third kappa shape index (κ3) is 17.5. The molecule has 0 aliphatic carbocycles. The third-order valence-corrected chi connectivity index (χ3v) is 7.17. The number of nitrogens with one attached hydrogen (secondary N) is 1. The molecule has 4 nitrogen and oxygen atoms in total. The Morgan fingerprint density at radius 1 is 0.600 bits per heavy atom. The summed E-state index contributed by atoms with van der Waals surface area (Å²) in [5, 5.41) is 3.07. The standard InChI is InChI=1S/C31H57N3O/c1-4-7-8-9-10-11-12-13-14-15-16-17-18-19-20-24-27-34(29-28-33(5-2)6-3)31(35)32-30-25-22-21-23-26-30/h21-23,25-26H,4-20,24,27-29H2,1-3H3,(H,32,35). The molecule has 0 saturated heterocycles. The molecule has 0 bridgehead atoms. The van der Waals surface area contributed by atoms with Crippen LogP contribution in [0.5, 0.6) is 0 Å². The van der Waals surface area contributed by atoms with Crippen LogP contribution in [0.2, 0.25) is 0 Å². The van der Waals surface area contributed by atoms with E-state index in [9.17, 15) is 4.79 Å². The number of unbranched alkanes of at least 4 members (excludes halogenated alkanes) is 15. The molecule has 0 aliphatic heterocycles. The van der Waals surface area contributed by atoms with Gasteiger partial charge in [0.15, 0.2) is 0 Å². The molecule has 1 aromatic rings. The lowest BCUT2D eigenvalue weighted by molar-refractivity contribution is 0.195. The number of likely N-dealkylation sites (N-methyl/N-ethyl adjacent to an activating group) is 1. The van der Waals surface area contributed by atoms with Crippen molar-refractivity contribution in [1.29, 1.82) is 0 Å². The average Bonchev–Trinajstić information content (AvgIpc) is 2.88. The summed E-state index contributed by atoms with van der Waals surface area (Å²) in [5.74, 6) is 0. The minimum atomic E-state index is 0.0318. The zero-order valence-electron chi connectivity index (χ0n) is 23.5. The molecule has 202 valence electrons. The number of carbonyl (C=O) groups is 1. The van der Waals surface area contributed by atoms with Crippen LogP contribution in [0, 0.1) is 0 Å². The first kappa shape index (κ1) is 31.5. The summed E-state index contributed by atoms with van der Waals surface area (Å²) in [6.45, 7) is 11.3. The Morgan fingerprint density at radius 3 is 1.51 bits per heavy atom. The molecule has 0 saturated carbocycles. The van der Waals surface area contributed by atoms with E-state index in [-0.39, 0.29) is 6.03 Å². The lowest BCUT2D eigenvalue weighted by Gasteiger charge is -2.27. The first-order chi connectivity index (χ1) is 17.2. The maximum absolute atomic E-state index is 12.9. The SMILES string of the molecule is CCCCCCCCCCCCCCCCCCN(CCN(CC)CC)C(=O)Nc1ccccc1. The molecule has 4 heteroatoms. The summed E-state index contributed by atoms with van der Waals surface area (Å²) in [6, 6.07) is 9.84. The molecule has 1 N–H and O–H groups in total. The molecule has 1 rings (SSSR count). The molecule has 2 amide bonds. The maximum atomic E-state index is 12.9. The van der Waals surface area contributed by atoms with Gasteiger partial charge in [0.2, 0.25) is 0 Å². The van der Waals surface area contributed by atoms with Crippen LogP contribution < -0.4 is 5.32 Å². The number of urea groups is 1. The van der Waals surface area contributed by atoms with Crippen molar-refractivity contribution in [2.75, 3.05) is 38.0 Å². The molecular formula is C31H57N3O. The predicted octanol–water partition coefficient (Wildman–Crippen LogP) is 9.12. The molecule has 0 spiro atoms. The number of rotatable bonds is 23. The van der Waals surface area contributed by atoms with Crippen molar-refractivity contribution < 1.29 is 4.79 Å². The van der Waals surface area contributed by atoms with Crippen molar-refractivity contribution in [2.24, 2.45) is 0 Å². The van der Waals surface area contributed by atoms with Crippen molar-refractivity contribution in [3.63, 3.8) is 0 Å². The summed E-state index contributed by atoms with van der Waals surface area (Å²) in [4.78, 5) is 17.3. The van der Waals surface area contributed by atoms with Crippen LogP contribution in [0.15, 0.2) is 30.3 Å². The number of carbonyl (C=O) groups excluding carboxylic acids is 1. The van der Waals surface area contributed by atoms with E-state index in [0.29, 0.717) is 0 Å². The second-order valence-corrected chi connectivity index (χ2v) is 10.1. The van der Waals surface area contributed by atoms with Crippen molar-refractivity contribution in [1.82, 2.24) is 9.80 Å². The van der Waals surface area contributed by atoms with Gasteiger partial charge in [0, 0.05) is 25.3 Å². The second kappa shape index (κ2) is 22.9. The molecule has 0 unspecified atom stereocenters. The van der Waals surface area contributed by atoms with Gasteiger partial charge in [0.25, 0.3) is 0 Å². The number of para-hydroxylation sites is 1. The number of anilines is 1. The molecule has 0 aromatic heterocycles. The van der Waals surface area contributed by atoms with E-state index in [1.807, 2.05) is 35.2 Å². The Kier molecular flexibility index (Phi) is 20.6. The van der Waals surface area contributed by atoms with Gasteiger partial charge in [-0.05, 0) is 31.6 Å². The van der Waals surface area contributed by atoms with E-state index in [1.54, 1.807) is 0 Å². The normalized spacial score (nSPS) is 11.2. The van der Waals surface area contributed by atoms with E-state index in [0.717, 1.165) is 44.8 Å². The fourth-order valence-electron chi connectivity index (χ4n) is 4.69. The predicted molar refractivity (Wildman–Crippen MR) is 154 cm³/mol. The topological polar surface area (TPSA) is 35.6 Å². The van der Waals surface area contributed by atoms with Gasteiger partial charge < -0.3 is 15.1 Å². The summed E-state index contributed by atoms with van der Waals surface area (Å²) in [6.07, 6.45) is 22.0. The van der Waals surface area contributed by atoms with Crippen LogP contribution in [0.4, 0.5) is 10.5 Å². The van der Waals surface area contributed by atoms with Crippen molar-refractivity contribution in [3.8, 4) is 0 Å². The molecule has 0 heterocycles. The van der Waals surface area contributed by atoms with Crippen LogP contribution in [0.1, 0.15) is 124 Å². The third-order valence-electron chi connectivity index (χ3n) is 7.17. The Hall–Kier alpha value is -1.55. The molecule has 0 atom stereocenters. The van der Waals surface area contributed by atoms with Crippen LogP contribution in [0.25, 0.3) is 0 Å². The first-order valence-electron chi connectivity index (χ1n) is 15.0. The fourth-order valence-corrected chi connectivity index (χ4v) is 4.69. The van der Waals surface area contributed by atoms with Crippen LogP contribution in [0.3, 0.4) is 0 Å². The van der Waals surface area contributed by atoms with E-state index >= 15 is 0 Å². The van der Waals surface area contributed by atoms with E-state index < -0.39 is 0 Å². The minimum absolute atomic E-state index is 0.0318.